The van der Waals surface area contributed by atoms with Gasteiger partial charge in [-0.15, -0.1) is 0 Å². The third-order valence-electron chi connectivity index (χ3n) is 4.76. The summed E-state index contributed by atoms with van der Waals surface area (Å²) in [6.45, 7) is 1.88. The molecule has 3 aromatic rings. The zero-order valence-corrected chi connectivity index (χ0v) is 15.2. The van der Waals surface area contributed by atoms with Crippen LogP contribution in [0.5, 0.6) is 0 Å². The number of rotatable bonds is 2. The fraction of sp³-hybridized carbons (Fsp3) is 0.150. The van der Waals surface area contributed by atoms with Crippen LogP contribution in [0.4, 0.5) is 5.69 Å². The minimum absolute atomic E-state index is 0.0521. The Bertz CT molecular complexity index is 1120. The van der Waals surface area contributed by atoms with Gasteiger partial charge in [0, 0.05) is 11.3 Å². The smallest absolute Gasteiger partial charge is 0.250 e. The summed E-state index contributed by atoms with van der Waals surface area (Å²) in [7, 11) is 0. The van der Waals surface area contributed by atoms with Gasteiger partial charge in [0.05, 0.1) is 5.69 Å². The fourth-order valence-electron chi connectivity index (χ4n) is 3.31. The van der Waals surface area contributed by atoms with Crippen molar-refractivity contribution in [3.05, 3.63) is 64.0 Å². The number of ether oxygens (including phenoxy) is 1. The molecule has 1 atom stereocenters. The molecular formula is C20H14N4O2S. The van der Waals surface area contributed by atoms with Crippen LogP contribution in [-0.4, -0.2) is 17.1 Å². The van der Waals surface area contributed by atoms with E-state index in [0.29, 0.717) is 11.4 Å². The third-order valence-corrected chi connectivity index (χ3v) is 5.45. The van der Waals surface area contributed by atoms with Crippen molar-refractivity contribution < 1.29 is 9.53 Å². The number of hydrogen-bond donors (Lipinski definition) is 1. The molecule has 7 heteroatoms. The van der Waals surface area contributed by atoms with Gasteiger partial charge in [-0.1, -0.05) is 6.07 Å². The van der Waals surface area contributed by atoms with Gasteiger partial charge in [0.15, 0.2) is 6.19 Å². The fourth-order valence-corrected chi connectivity index (χ4v) is 4.07. The van der Waals surface area contributed by atoms with Gasteiger partial charge in [-0.25, -0.2) is 4.57 Å². The Morgan fingerprint density at radius 3 is 2.81 bits per heavy atom. The minimum Gasteiger partial charge on any atom is -0.356 e. The Balaban J connectivity index is 1.93. The summed E-state index contributed by atoms with van der Waals surface area (Å²) < 4.78 is 7.31. The third kappa shape index (κ3) is 2.70. The first kappa shape index (κ1) is 17.0. The van der Waals surface area contributed by atoms with Crippen molar-refractivity contribution in [1.82, 2.24) is 4.57 Å². The van der Waals surface area contributed by atoms with Crippen molar-refractivity contribution in [2.24, 2.45) is 0 Å². The largest absolute Gasteiger partial charge is 0.356 e. The van der Waals surface area contributed by atoms with Crippen LogP contribution in [-0.2, 0) is 15.1 Å². The average Bonchev–Trinajstić information content (AvgIpc) is 3.33. The van der Waals surface area contributed by atoms with Gasteiger partial charge < -0.3 is 10.1 Å². The summed E-state index contributed by atoms with van der Waals surface area (Å²) >= 11 is 1.56. The van der Waals surface area contributed by atoms with E-state index in [9.17, 15) is 15.3 Å². The van der Waals surface area contributed by atoms with E-state index in [0.717, 1.165) is 16.7 Å². The first-order chi connectivity index (χ1) is 13.1. The Labute approximate surface area is 159 Å². The molecule has 0 radical (unpaired) electrons. The number of fused-ring (bicyclic) bond motifs is 1. The van der Waals surface area contributed by atoms with Crippen molar-refractivity contribution in [3.63, 3.8) is 0 Å². The first-order valence-corrected chi connectivity index (χ1v) is 9.14. The summed E-state index contributed by atoms with van der Waals surface area (Å²) in [4.78, 5) is 12.1. The second-order valence-corrected chi connectivity index (χ2v) is 7.07. The predicted molar refractivity (Wildman–Crippen MR) is 101 cm³/mol. The van der Waals surface area contributed by atoms with Gasteiger partial charge in [-0.05, 0) is 59.1 Å². The lowest BCUT2D eigenvalue weighted by Gasteiger charge is -2.29. The minimum atomic E-state index is -0.813. The number of thiophene rings is 1. The highest BCUT2D eigenvalue weighted by Crippen LogP contribution is 2.42. The maximum absolute atomic E-state index is 12.1. The van der Waals surface area contributed by atoms with E-state index in [1.165, 1.54) is 4.57 Å². The number of nitrogens with one attached hydrogen (secondary N) is 1. The van der Waals surface area contributed by atoms with Crippen LogP contribution < -0.4 is 5.32 Å². The zero-order valence-electron chi connectivity index (χ0n) is 14.4. The molecule has 0 spiro atoms. The number of aromatic nitrogens is 1. The van der Waals surface area contributed by atoms with Crippen molar-refractivity contribution in [1.29, 1.82) is 10.5 Å². The van der Waals surface area contributed by atoms with Crippen LogP contribution in [0.1, 0.15) is 23.7 Å². The van der Waals surface area contributed by atoms with Crippen LogP contribution in [0.2, 0.25) is 0 Å². The number of amides is 1. The quantitative estimate of drug-likeness (QED) is 0.741. The molecule has 1 aromatic carbocycles. The molecule has 1 aliphatic rings. The van der Waals surface area contributed by atoms with Gasteiger partial charge in [-0.2, -0.15) is 21.9 Å². The van der Waals surface area contributed by atoms with Crippen LogP contribution in [0.15, 0.2) is 47.2 Å². The van der Waals surface area contributed by atoms with Crippen molar-refractivity contribution in [3.8, 4) is 23.5 Å². The SMILES string of the molecule is CC1(c2ccsc2)OCC(=O)Nc2ccc(-c3ccc(C#N)n3C#N)cc21. The second kappa shape index (κ2) is 6.40. The topological polar surface area (TPSA) is 90.8 Å². The standard InChI is InChI=1S/C20H14N4O2S/c1-20(14-6-7-27-11-14)16-8-13(2-4-17(16)23-19(25)10-26-20)18-5-3-15(9-21)24(18)12-22/h2-8,11H,10H2,1H3,(H,23,25). The lowest BCUT2D eigenvalue weighted by atomic mass is 9.87. The Morgan fingerprint density at radius 2 is 2.11 bits per heavy atom. The number of carbonyl (C=O) groups is 1. The maximum Gasteiger partial charge on any atom is 0.250 e. The zero-order chi connectivity index (χ0) is 19.0. The second-order valence-electron chi connectivity index (χ2n) is 6.29. The lowest BCUT2D eigenvalue weighted by Crippen LogP contribution is -2.27. The van der Waals surface area contributed by atoms with Crippen molar-refractivity contribution in [2.75, 3.05) is 11.9 Å². The van der Waals surface area contributed by atoms with E-state index in [1.807, 2.05) is 54.2 Å². The van der Waals surface area contributed by atoms with Crippen LogP contribution in [0, 0.1) is 22.8 Å². The molecule has 0 saturated carbocycles. The summed E-state index contributed by atoms with van der Waals surface area (Å²) in [6.07, 6.45) is 2.04. The highest BCUT2D eigenvalue weighted by atomic mass is 32.1. The summed E-state index contributed by atoms with van der Waals surface area (Å²) in [5.74, 6) is -0.213. The highest BCUT2D eigenvalue weighted by molar-refractivity contribution is 7.08. The number of nitrogens with zero attached hydrogens (tertiary/aromatic N) is 3. The molecule has 1 amide bonds. The molecule has 0 aliphatic carbocycles. The number of benzene rings is 1. The molecule has 6 nitrogen and oxygen atoms in total. The first-order valence-electron chi connectivity index (χ1n) is 8.20. The predicted octanol–water partition coefficient (Wildman–Crippen LogP) is 3.65. The molecule has 1 aliphatic heterocycles. The van der Waals surface area contributed by atoms with Gasteiger partial charge in [0.25, 0.3) is 0 Å². The normalized spacial score (nSPS) is 18.7. The molecule has 4 rings (SSSR count). The molecule has 2 aromatic heterocycles. The van der Waals surface area contributed by atoms with E-state index in [-0.39, 0.29) is 18.2 Å². The maximum atomic E-state index is 12.1. The molecule has 0 saturated heterocycles. The van der Waals surface area contributed by atoms with E-state index in [4.69, 9.17) is 4.74 Å². The van der Waals surface area contributed by atoms with Crippen molar-refractivity contribution in [2.45, 2.75) is 12.5 Å². The molecule has 27 heavy (non-hydrogen) atoms. The Hall–Kier alpha value is -3.39. The number of anilines is 1. The van der Waals surface area contributed by atoms with E-state index < -0.39 is 5.60 Å². The van der Waals surface area contributed by atoms with Gasteiger partial charge in [0.1, 0.15) is 24.0 Å². The van der Waals surface area contributed by atoms with Gasteiger partial charge >= 0.3 is 0 Å². The van der Waals surface area contributed by atoms with E-state index in [1.54, 1.807) is 23.5 Å². The number of hydrogen-bond acceptors (Lipinski definition) is 5. The van der Waals surface area contributed by atoms with Gasteiger partial charge in [-0.3, -0.25) is 4.79 Å². The Kier molecular flexibility index (Phi) is 4.04. The monoisotopic (exact) mass is 374 g/mol. The summed E-state index contributed by atoms with van der Waals surface area (Å²) in [5.41, 5.74) is 3.26. The molecule has 132 valence electrons. The molecule has 0 fully saturated rings. The number of carbonyl (C=O) groups excluding carboxylic acids is 1. The summed E-state index contributed by atoms with van der Waals surface area (Å²) in [6, 6.07) is 12.9. The van der Waals surface area contributed by atoms with Crippen LogP contribution >= 0.6 is 11.3 Å². The molecule has 1 unspecified atom stereocenters. The van der Waals surface area contributed by atoms with Crippen LogP contribution in [0.25, 0.3) is 11.3 Å². The van der Waals surface area contributed by atoms with Crippen LogP contribution in [0.3, 0.4) is 0 Å². The van der Waals surface area contributed by atoms with E-state index >= 15 is 0 Å². The molecule has 1 N–H and O–H groups in total. The molecule has 0 bridgehead atoms. The van der Waals surface area contributed by atoms with E-state index in [2.05, 4.69) is 5.32 Å². The molecular weight excluding hydrogens is 360 g/mol. The average molecular weight is 374 g/mol. The molecule has 3 heterocycles. The summed E-state index contributed by atoms with van der Waals surface area (Å²) in [5, 5.41) is 25.5. The van der Waals surface area contributed by atoms with Crippen molar-refractivity contribution >= 4 is 22.9 Å². The highest BCUT2D eigenvalue weighted by Gasteiger charge is 2.36. The van der Waals surface area contributed by atoms with Gasteiger partial charge in [0.2, 0.25) is 5.91 Å². The Morgan fingerprint density at radius 1 is 1.26 bits per heavy atom. The number of nitriles is 2. The lowest BCUT2D eigenvalue weighted by molar-refractivity contribution is -0.124.